The molecule has 2 aliphatic rings. The monoisotopic (exact) mass is 574 g/mol. The highest BCUT2D eigenvalue weighted by Crippen LogP contribution is 2.34. The van der Waals surface area contributed by atoms with Gasteiger partial charge in [0.15, 0.2) is 0 Å². The second-order valence-corrected chi connectivity index (χ2v) is 9.80. The molecule has 0 aliphatic carbocycles. The molecule has 2 aromatic carbocycles. The molecule has 4 rings (SSSR count). The zero-order valence-corrected chi connectivity index (χ0v) is 23.2. The minimum absolute atomic E-state index is 0.0814. The van der Waals surface area contributed by atoms with Crippen molar-refractivity contribution < 1.29 is 37.0 Å². The number of nitrogens with zero attached hydrogens (tertiary/aromatic N) is 3. The molecule has 2 aromatic rings. The lowest BCUT2D eigenvalue weighted by atomic mass is 9.93. The van der Waals surface area contributed by atoms with E-state index in [2.05, 4.69) is 5.32 Å². The Hall–Kier alpha value is -4.06. The Balaban J connectivity index is 1.59. The SMILES string of the molecule is CCOC(=O)C1=C(CN2CCCN(C(=O)c3cccc(OC)c3)CC2)N(C)C(=O)N[C@@H]1c1ccc(C(F)(F)F)cc1. The summed E-state index contributed by atoms with van der Waals surface area (Å²) in [7, 11) is 3.07. The Kier molecular flexibility index (Phi) is 9.21. The van der Waals surface area contributed by atoms with Gasteiger partial charge in [0.25, 0.3) is 5.91 Å². The molecule has 12 heteroatoms. The number of hydrogen-bond donors (Lipinski definition) is 1. The second kappa shape index (κ2) is 12.6. The van der Waals surface area contributed by atoms with Gasteiger partial charge in [-0.3, -0.25) is 14.6 Å². The maximum atomic E-state index is 13.2. The number of hydrogen-bond acceptors (Lipinski definition) is 6. The largest absolute Gasteiger partial charge is 0.497 e. The topological polar surface area (TPSA) is 91.4 Å². The minimum atomic E-state index is -4.52. The molecule has 9 nitrogen and oxygen atoms in total. The van der Waals surface area contributed by atoms with E-state index < -0.39 is 29.8 Å². The van der Waals surface area contributed by atoms with Gasteiger partial charge in [0.1, 0.15) is 5.75 Å². The number of halogens is 3. The third kappa shape index (κ3) is 6.82. The van der Waals surface area contributed by atoms with Crippen LogP contribution in [0.5, 0.6) is 5.75 Å². The van der Waals surface area contributed by atoms with Crippen LogP contribution in [0.1, 0.15) is 40.9 Å². The van der Waals surface area contributed by atoms with Crippen LogP contribution in [0.4, 0.5) is 18.0 Å². The van der Waals surface area contributed by atoms with Crippen LogP contribution in [-0.2, 0) is 15.7 Å². The van der Waals surface area contributed by atoms with Gasteiger partial charge in [-0.05, 0) is 49.2 Å². The van der Waals surface area contributed by atoms with Crippen LogP contribution in [0.3, 0.4) is 0 Å². The van der Waals surface area contributed by atoms with Crippen molar-refractivity contribution in [3.63, 3.8) is 0 Å². The average molecular weight is 575 g/mol. The van der Waals surface area contributed by atoms with Gasteiger partial charge in [0, 0.05) is 51.0 Å². The van der Waals surface area contributed by atoms with E-state index in [0.29, 0.717) is 55.2 Å². The van der Waals surface area contributed by atoms with E-state index in [0.717, 1.165) is 12.1 Å². The number of esters is 1. The van der Waals surface area contributed by atoms with Gasteiger partial charge in [0.2, 0.25) is 0 Å². The number of rotatable bonds is 7. The quantitative estimate of drug-likeness (QED) is 0.502. The third-order valence-corrected chi connectivity index (χ3v) is 7.21. The van der Waals surface area contributed by atoms with Crippen LogP contribution in [0, 0.1) is 0 Å². The maximum absolute atomic E-state index is 13.2. The highest BCUT2D eigenvalue weighted by atomic mass is 19.4. The molecule has 1 fully saturated rings. The first kappa shape index (κ1) is 29.9. The molecule has 2 aliphatic heterocycles. The Morgan fingerprint density at radius 1 is 1.05 bits per heavy atom. The number of alkyl halides is 3. The Labute approximate surface area is 236 Å². The van der Waals surface area contributed by atoms with E-state index in [1.54, 1.807) is 36.1 Å². The molecule has 1 saturated heterocycles. The number of amides is 3. The molecule has 220 valence electrons. The molecule has 1 atom stereocenters. The van der Waals surface area contributed by atoms with Crippen LogP contribution < -0.4 is 10.1 Å². The van der Waals surface area contributed by atoms with Gasteiger partial charge in [-0.1, -0.05) is 18.2 Å². The van der Waals surface area contributed by atoms with E-state index in [9.17, 15) is 27.6 Å². The van der Waals surface area contributed by atoms with E-state index in [4.69, 9.17) is 9.47 Å². The molecule has 0 radical (unpaired) electrons. The van der Waals surface area contributed by atoms with Crippen LogP contribution in [-0.4, -0.2) is 86.1 Å². The molecule has 0 aromatic heterocycles. The molecule has 1 N–H and O–H groups in total. The average Bonchev–Trinajstić information content (AvgIpc) is 3.20. The summed E-state index contributed by atoms with van der Waals surface area (Å²) in [4.78, 5) is 44.5. The van der Waals surface area contributed by atoms with E-state index in [-0.39, 0.29) is 24.6 Å². The van der Waals surface area contributed by atoms with Gasteiger partial charge in [-0.15, -0.1) is 0 Å². The summed E-state index contributed by atoms with van der Waals surface area (Å²) in [6, 6.07) is 9.82. The molecule has 2 heterocycles. The summed E-state index contributed by atoms with van der Waals surface area (Å²) >= 11 is 0. The molecular formula is C29H33F3N4O5. The highest BCUT2D eigenvalue weighted by molar-refractivity contribution is 5.95. The summed E-state index contributed by atoms with van der Waals surface area (Å²) in [5.41, 5.74) is 0.561. The van der Waals surface area contributed by atoms with Crippen molar-refractivity contribution in [1.82, 2.24) is 20.0 Å². The number of benzene rings is 2. The molecule has 0 unspecified atom stereocenters. The first-order valence-corrected chi connectivity index (χ1v) is 13.3. The van der Waals surface area contributed by atoms with Crippen LogP contribution in [0.15, 0.2) is 59.8 Å². The Morgan fingerprint density at radius 2 is 1.78 bits per heavy atom. The fraction of sp³-hybridized carbons (Fsp3) is 0.414. The predicted molar refractivity (Wildman–Crippen MR) is 144 cm³/mol. The molecule has 0 bridgehead atoms. The van der Waals surface area contributed by atoms with Crippen molar-refractivity contribution >= 4 is 17.9 Å². The Bertz CT molecular complexity index is 1310. The van der Waals surface area contributed by atoms with Crippen molar-refractivity contribution in [3.05, 3.63) is 76.5 Å². The lowest BCUT2D eigenvalue weighted by molar-refractivity contribution is -0.139. The fourth-order valence-electron chi connectivity index (χ4n) is 5.00. The number of methoxy groups -OCH3 is 1. The summed E-state index contributed by atoms with van der Waals surface area (Å²) < 4.78 is 50.0. The molecular weight excluding hydrogens is 541 g/mol. The normalized spacial score (nSPS) is 18.6. The number of likely N-dealkylation sites (N-methyl/N-ethyl adjacent to an activating group) is 1. The number of carbonyl (C=O) groups is 3. The van der Waals surface area contributed by atoms with Crippen molar-refractivity contribution in [1.29, 1.82) is 0 Å². The number of ether oxygens (including phenoxy) is 2. The summed E-state index contributed by atoms with van der Waals surface area (Å²) in [6.45, 7) is 3.97. The van der Waals surface area contributed by atoms with Gasteiger partial charge in [-0.2, -0.15) is 13.2 Å². The summed E-state index contributed by atoms with van der Waals surface area (Å²) in [5, 5.41) is 2.72. The van der Waals surface area contributed by atoms with Crippen LogP contribution in [0.2, 0.25) is 0 Å². The zero-order valence-electron chi connectivity index (χ0n) is 23.2. The van der Waals surface area contributed by atoms with Crippen molar-refractivity contribution in [2.45, 2.75) is 25.6 Å². The highest BCUT2D eigenvalue weighted by Gasteiger charge is 2.38. The molecule has 3 amide bonds. The molecule has 41 heavy (non-hydrogen) atoms. The van der Waals surface area contributed by atoms with E-state index >= 15 is 0 Å². The van der Waals surface area contributed by atoms with Gasteiger partial charge >= 0.3 is 18.2 Å². The van der Waals surface area contributed by atoms with Gasteiger partial charge in [0.05, 0.1) is 30.9 Å². The third-order valence-electron chi connectivity index (χ3n) is 7.21. The molecule has 0 saturated carbocycles. The van der Waals surface area contributed by atoms with Crippen molar-refractivity contribution in [2.24, 2.45) is 0 Å². The maximum Gasteiger partial charge on any atom is 0.416 e. The standard InChI is InChI=1S/C29H33F3N4O5/c1-4-41-27(38)24-23(34(2)28(39)33-25(24)19-9-11-21(12-10-19)29(30,31)32)18-35-13-6-14-36(16-15-35)26(37)20-7-5-8-22(17-20)40-3/h5,7-12,17,25H,4,6,13-16,18H2,1-3H3,(H,33,39)/t25-/m1/s1. The lowest BCUT2D eigenvalue weighted by Crippen LogP contribution is -2.49. The van der Waals surface area contributed by atoms with Gasteiger partial charge in [-0.25, -0.2) is 9.59 Å². The zero-order chi connectivity index (χ0) is 29.7. The van der Waals surface area contributed by atoms with Crippen LogP contribution in [0.25, 0.3) is 0 Å². The predicted octanol–water partition coefficient (Wildman–Crippen LogP) is 4.08. The summed E-state index contributed by atoms with van der Waals surface area (Å²) in [5.74, 6) is -0.190. The van der Waals surface area contributed by atoms with Crippen molar-refractivity contribution in [3.8, 4) is 5.75 Å². The fourth-order valence-corrected chi connectivity index (χ4v) is 5.00. The number of urea groups is 1. The van der Waals surface area contributed by atoms with Crippen molar-refractivity contribution in [2.75, 3.05) is 53.5 Å². The van der Waals surface area contributed by atoms with E-state index in [1.807, 2.05) is 4.90 Å². The summed E-state index contributed by atoms with van der Waals surface area (Å²) in [6.07, 6.45) is -3.86. The van der Waals surface area contributed by atoms with Gasteiger partial charge < -0.3 is 19.7 Å². The first-order chi connectivity index (χ1) is 19.5. The first-order valence-electron chi connectivity index (χ1n) is 13.3. The smallest absolute Gasteiger partial charge is 0.416 e. The minimum Gasteiger partial charge on any atom is -0.497 e. The Morgan fingerprint density at radius 3 is 2.44 bits per heavy atom. The second-order valence-electron chi connectivity index (χ2n) is 9.80. The van der Waals surface area contributed by atoms with Crippen LogP contribution >= 0.6 is 0 Å². The van der Waals surface area contributed by atoms with E-state index in [1.165, 1.54) is 31.2 Å². The number of nitrogens with one attached hydrogen (secondary N) is 1. The molecule has 0 spiro atoms. The number of carbonyl (C=O) groups excluding carboxylic acids is 3. The lowest BCUT2D eigenvalue weighted by Gasteiger charge is -2.36.